The highest BCUT2D eigenvalue weighted by atomic mass is 16.4. The van der Waals surface area contributed by atoms with Gasteiger partial charge in [-0.25, -0.2) is 0 Å². The van der Waals surface area contributed by atoms with E-state index in [9.17, 15) is 9.59 Å². The summed E-state index contributed by atoms with van der Waals surface area (Å²) in [7, 11) is 0. The standard InChI is InChI=1S/C10H19NO3/c1-3-4-7(2)10(14)8(11)5-6-9(12)13/h7-8H,3-6,11H2,1-2H3,(H,12,13). The highest BCUT2D eigenvalue weighted by Crippen LogP contribution is 2.10. The summed E-state index contributed by atoms with van der Waals surface area (Å²) in [5.41, 5.74) is 5.58. The molecule has 4 nitrogen and oxygen atoms in total. The molecule has 0 rings (SSSR count). The summed E-state index contributed by atoms with van der Waals surface area (Å²) >= 11 is 0. The summed E-state index contributed by atoms with van der Waals surface area (Å²) in [6.45, 7) is 3.85. The van der Waals surface area contributed by atoms with Gasteiger partial charge < -0.3 is 10.8 Å². The van der Waals surface area contributed by atoms with Gasteiger partial charge >= 0.3 is 5.97 Å². The van der Waals surface area contributed by atoms with Crippen molar-refractivity contribution < 1.29 is 14.7 Å². The van der Waals surface area contributed by atoms with E-state index in [1.165, 1.54) is 0 Å². The van der Waals surface area contributed by atoms with Crippen LogP contribution in [0.15, 0.2) is 0 Å². The fourth-order valence-corrected chi connectivity index (χ4v) is 1.36. The molecule has 0 heterocycles. The normalized spacial score (nSPS) is 14.8. The molecule has 2 atom stereocenters. The third-order valence-electron chi connectivity index (χ3n) is 2.24. The average molecular weight is 201 g/mol. The Labute approximate surface area is 84.5 Å². The van der Waals surface area contributed by atoms with E-state index < -0.39 is 12.0 Å². The van der Waals surface area contributed by atoms with Crippen LogP contribution in [0.4, 0.5) is 0 Å². The van der Waals surface area contributed by atoms with Gasteiger partial charge in [0.25, 0.3) is 0 Å². The van der Waals surface area contributed by atoms with Gasteiger partial charge in [0.05, 0.1) is 6.04 Å². The van der Waals surface area contributed by atoms with Crippen LogP contribution in [0.1, 0.15) is 39.5 Å². The number of Topliss-reactive ketones (excluding diaryl/α,β-unsaturated/α-hetero) is 1. The Balaban J connectivity index is 3.91. The summed E-state index contributed by atoms with van der Waals surface area (Å²) < 4.78 is 0. The first-order valence-electron chi connectivity index (χ1n) is 5.00. The Kier molecular flexibility index (Phi) is 6.12. The van der Waals surface area contributed by atoms with Crippen molar-refractivity contribution in [1.82, 2.24) is 0 Å². The number of hydrogen-bond donors (Lipinski definition) is 2. The molecule has 4 heteroatoms. The fraction of sp³-hybridized carbons (Fsp3) is 0.800. The lowest BCUT2D eigenvalue weighted by atomic mass is 9.94. The van der Waals surface area contributed by atoms with E-state index in [2.05, 4.69) is 0 Å². The number of carboxylic acids is 1. The van der Waals surface area contributed by atoms with Gasteiger partial charge in [0.1, 0.15) is 0 Å². The minimum atomic E-state index is -0.906. The first-order valence-corrected chi connectivity index (χ1v) is 5.00. The lowest BCUT2D eigenvalue weighted by Crippen LogP contribution is -2.35. The second-order valence-corrected chi connectivity index (χ2v) is 3.63. The Morgan fingerprint density at radius 3 is 2.36 bits per heavy atom. The summed E-state index contributed by atoms with van der Waals surface area (Å²) in [6, 6.07) is -0.618. The summed E-state index contributed by atoms with van der Waals surface area (Å²) in [5.74, 6) is -0.978. The van der Waals surface area contributed by atoms with Crippen LogP contribution in [0.5, 0.6) is 0 Å². The molecule has 0 bridgehead atoms. The molecule has 0 aromatic heterocycles. The lowest BCUT2D eigenvalue weighted by molar-refractivity contribution is -0.137. The predicted molar refractivity (Wildman–Crippen MR) is 53.9 cm³/mol. The minimum absolute atomic E-state index is 0.0203. The molecule has 0 aliphatic carbocycles. The largest absolute Gasteiger partial charge is 0.481 e. The molecule has 0 spiro atoms. The van der Waals surface area contributed by atoms with Crippen LogP contribution in [-0.2, 0) is 9.59 Å². The van der Waals surface area contributed by atoms with Gasteiger partial charge in [0, 0.05) is 12.3 Å². The Morgan fingerprint density at radius 2 is 1.93 bits per heavy atom. The molecule has 3 N–H and O–H groups in total. The van der Waals surface area contributed by atoms with E-state index in [-0.39, 0.29) is 24.5 Å². The number of ketones is 1. The fourth-order valence-electron chi connectivity index (χ4n) is 1.36. The van der Waals surface area contributed by atoms with Crippen LogP contribution in [0, 0.1) is 5.92 Å². The van der Waals surface area contributed by atoms with Gasteiger partial charge in [0.2, 0.25) is 0 Å². The predicted octanol–water partition coefficient (Wildman–Crippen LogP) is 1.18. The number of rotatable bonds is 7. The molecule has 0 aromatic rings. The third-order valence-corrected chi connectivity index (χ3v) is 2.24. The maximum absolute atomic E-state index is 11.5. The van der Waals surface area contributed by atoms with Crippen molar-refractivity contribution in [2.75, 3.05) is 0 Å². The first kappa shape index (κ1) is 13.1. The van der Waals surface area contributed by atoms with E-state index in [0.29, 0.717) is 0 Å². The Bertz CT molecular complexity index is 204. The number of hydrogen-bond acceptors (Lipinski definition) is 3. The lowest BCUT2D eigenvalue weighted by Gasteiger charge is -2.14. The molecule has 2 unspecified atom stereocenters. The second-order valence-electron chi connectivity index (χ2n) is 3.63. The zero-order chi connectivity index (χ0) is 11.1. The van der Waals surface area contributed by atoms with Gasteiger partial charge in [0.15, 0.2) is 5.78 Å². The average Bonchev–Trinajstić information content (AvgIpc) is 2.13. The molecule has 0 fully saturated rings. The van der Waals surface area contributed by atoms with Gasteiger partial charge in [-0.1, -0.05) is 20.3 Å². The Hall–Kier alpha value is -0.900. The molecule has 0 amide bonds. The van der Waals surface area contributed by atoms with Crippen LogP contribution in [0.25, 0.3) is 0 Å². The van der Waals surface area contributed by atoms with Crippen LogP contribution in [-0.4, -0.2) is 22.9 Å². The molecule has 82 valence electrons. The molecule has 0 saturated heterocycles. The number of carbonyl (C=O) groups is 2. The summed E-state index contributed by atoms with van der Waals surface area (Å²) in [6.07, 6.45) is 1.96. The molecule has 0 radical (unpaired) electrons. The van der Waals surface area contributed by atoms with Crippen LogP contribution in [0.3, 0.4) is 0 Å². The second kappa shape index (κ2) is 6.54. The van der Waals surface area contributed by atoms with Crippen LogP contribution in [0.2, 0.25) is 0 Å². The first-order chi connectivity index (χ1) is 6.49. The number of nitrogens with two attached hydrogens (primary N) is 1. The van der Waals surface area contributed by atoms with Gasteiger partial charge in [-0.15, -0.1) is 0 Å². The van der Waals surface area contributed by atoms with E-state index in [4.69, 9.17) is 10.8 Å². The zero-order valence-electron chi connectivity index (χ0n) is 8.82. The summed E-state index contributed by atoms with van der Waals surface area (Å²) in [5, 5.41) is 8.42. The highest BCUT2D eigenvalue weighted by molar-refractivity contribution is 5.86. The van der Waals surface area contributed by atoms with Gasteiger partial charge in [-0.05, 0) is 12.8 Å². The van der Waals surface area contributed by atoms with Crippen molar-refractivity contribution in [3.63, 3.8) is 0 Å². The smallest absolute Gasteiger partial charge is 0.303 e. The van der Waals surface area contributed by atoms with Gasteiger partial charge in [-0.3, -0.25) is 9.59 Å². The quantitative estimate of drug-likeness (QED) is 0.648. The molecule has 0 aliphatic heterocycles. The maximum Gasteiger partial charge on any atom is 0.303 e. The maximum atomic E-state index is 11.5. The Morgan fingerprint density at radius 1 is 1.36 bits per heavy atom. The van der Waals surface area contributed by atoms with Crippen molar-refractivity contribution >= 4 is 11.8 Å². The molecule has 0 aliphatic rings. The van der Waals surface area contributed by atoms with Crippen molar-refractivity contribution in [3.8, 4) is 0 Å². The van der Waals surface area contributed by atoms with Crippen molar-refractivity contribution in [2.24, 2.45) is 11.7 Å². The molecule has 14 heavy (non-hydrogen) atoms. The summed E-state index contributed by atoms with van der Waals surface area (Å²) in [4.78, 5) is 21.8. The van der Waals surface area contributed by atoms with Crippen LogP contribution >= 0.6 is 0 Å². The highest BCUT2D eigenvalue weighted by Gasteiger charge is 2.20. The molecule has 0 aromatic carbocycles. The van der Waals surface area contributed by atoms with Crippen molar-refractivity contribution in [2.45, 2.75) is 45.6 Å². The van der Waals surface area contributed by atoms with Gasteiger partial charge in [-0.2, -0.15) is 0 Å². The van der Waals surface area contributed by atoms with E-state index in [1.807, 2.05) is 13.8 Å². The number of carbonyl (C=O) groups excluding carboxylic acids is 1. The van der Waals surface area contributed by atoms with E-state index in [0.717, 1.165) is 12.8 Å². The zero-order valence-corrected chi connectivity index (χ0v) is 8.82. The topological polar surface area (TPSA) is 80.4 Å². The van der Waals surface area contributed by atoms with Crippen molar-refractivity contribution in [3.05, 3.63) is 0 Å². The monoisotopic (exact) mass is 201 g/mol. The number of aliphatic carboxylic acids is 1. The molecule has 0 saturated carbocycles. The van der Waals surface area contributed by atoms with E-state index in [1.54, 1.807) is 0 Å². The molecular formula is C10H19NO3. The SMILES string of the molecule is CCCC(C)C(=O)C(N)CCC(=O)O. The van der Waals surface area contributed by atoms with Crippen molar-refractivity contribution in [1.29, 1.82) is 0 Å². The van der Waals surface area contributed by atoms with E-state index >= 15 is 0 Å². The minimum Gasteiger partial charge on any atom is -0.481 e. The van der Waals surface area contributed by atoms with Crippen LogP contribution < -0.4 is 5.73 Å². The molecular weight excluding hydrogens is 182 g/mol. The third kappa shape index (κ3) is 4.97. The number of carboxylic acid groups (broad SMARTS) is 1.